The molecule has 0 aromatic heterocycles. The maximum Gasteiger partial charge on any atom is 0.485 e. The summed E-state index contributed by atoms with van der Waals surface area (Å²) in [7, 11) is 0. The Kier molecular flexibility index (Phi) is 2.34. The summed E-state index contributed by atoms with van der Waals surface area (Å²) in [5.41, 5.74) is 0. The largest absolute Gasteiger partial charge is 0.485 e. The van der Waals surface area contributed by atoms with E-state index >= 15 is 0 Å². The molecule has 13 heavy (non-hydrogen) atoms. The zero-order valence-electron chi connectivity index (χ0n) is 7.52. The van der Waals surface area contributed by atoms with Gasteiger partial charge in [-0.15, -0.1) is 0 Å². The Hall–Kier alpha value is -0.675. The molecule has 6 heteroatoms. The van der Waals surface area contributed by atoms with Gasteiger partial charge in [-0.25, -0.2) is 0 Å². The number of ether oxygens (including phenoxy) is 1. The minimum absolute atomic E-state index is 0.116. The Bertz CT molecular complexity index is 228. The van der Waals surface area contributed by atoms with Gasteiger partial charge in [-0.05, 0) is 6.92 Å². The predicted molar refractivity (Wildman–Crippen MR) is 42.2 cm³/mol. The average Bonchev–Trinajstić information content (AvgIpc) is 2.63. The molecule has 0 aromatic carbocycles. The lowest BCUT2D eigenvalue weighted by Crippen LogP contribution is -2.27. The fourth-order valence-electron chi connectivity index (χ4n) is 1.34. The van der Waals surface area contributed by atoms with E-state index < -0.39 is 24.2 Å². The van der Waals surface area contributed by atoms with Gasteiger partial charge < -0.3 is 17.7 Å². The smallest absolute Gasteiger partial charge is 0.466 e. The number of carbonyl (C=O) groups excluding carboxylic acids is 1. The first-order chi connectivity index (χ1) is 5.83. The molecule has 0 aromatic rings. The third kappa shape index (κ3) is 1.66. The van der Waals surface area contributed by atoms with Gasteiger partial charge in [0.05, 0.1) is 6.61 Å². The van der Waals surface area contributed by atoms with Crippen molar-refractivity contribution < 1.29 is 22.5 Å². The molecule has 0 saturated heterocycles. The third-order valence-electron chi connectivity index (χ3n) is 2.60. The minimum atomic E-state index is -4.93. The van der Waals surface area contributed by atoms with Gasteiger partial charge in [0.2, 0.25) is 0 Å². The molecule has 1 fully saturated rings. The number of esters is 1. The maximum absolute atomic E-state index is 12.3. The van der Waals surface area contributed by atoms with Crippen LogP contribution in [0.4, 0.5) is 12.9 Å². The zero-order valence-corrected chi connectivity index (χ0v) is 7.52. The number of carbonyl (C=O) groups is 1. The molecule has 1 aliphatic carbocycles. The molecule has 0 spiro atoms. The molecule has 0 amide bonds. The number of hydrogen-bond donors (Lipinski definition) is 0. The SMILES string of the molecule is CCOC(=O)C1CC1(C)[B-](F)(F)F. The van der Waals surface area contributed by atoms with E-state index in [1.54, 1.807) is 6.92 Å². The van der Waals surface area contributed by atoms with Gasteiger partial charge in [-0.2, -0.15) is 0 Å². The molecule has 2 nitrogen and oxygen atoms in total. The quantitative estimate of drug-likeness (QED) is 0.509. The molecule has 0 N–H and O–H groups in total. The van der Waals surface area contributed by atoms with Crippen molar-refractivity contribution in [1.82, 2.24) is 0 Å². The first-order valence-corrected chi connectivity index (χ1v) is 4.19. The minimum Gasteiger partial charge on any atom is -0.466 e. The summed E-state index contributed by atoms with van der Waals surface area (Å²) in [4.78, 5) is 11.0. The van der Waals surface area contributed by atoms with Gasteiger partial charge in [0, 0.05) is 5.92 Å². The van der Waals surface area contributed by atoms with E-state index in [0.29, 0.717) is 0 Å². The highest BCUT2D eigenvalue weighted by Gasteiger charge is 2.65. The number of hydrogen-bond acceptors (Lipinski definition) is 2. The van der Waals surface area contributed by atoms with E-state index in [2.05, 4.69) is 4.74 Å². The summed E-state index contributed by atoms with van der Waals surface area (Å²) in [5.74, 6) is -1.68. The molecule has 1 aliphatic rings. The second kappa shape index (κ2) is 2.92. The van der Waals surface area contributed by atoms with E-state index in [-0.39, 0.29) is 13.0 Å². The van der Waals surface area contributed by atoms with E-state index in [1.165, 1.54) is 0 Å². The Morgan fingerprint density at radius 2 is 2.15 bits per heavy atom. The molecule has 0 aliphatic heterocycles. The average molecular weight is 195 g/mol. The van der Waals surface area contributed by atoms with Crippen LogP contribution < -0.4 is 0 Å². The van der Waals surface area contributed by atoms with Crippen molar-refractivity contribution in [1.29, 1.82) is 0 Å². The molecule has 76 valence electrons. The molecule has 2 unspecified atom stereocenters. The summed E-state index contributed by atoms with van der Waals surface area (Å²) >= 11 is 0. The molecule has 1 rings (SSSR count). The third-order valence-corrected chi connectivity index (χ3v) is 2.60. The van der Waals surface area contributed by atoms with Crippen LogP contribution in [0.5, 0.6) is 0 Å². The highest BCUT2D eigenvalue weighted by molar-refractivity contribution is 6.63. The van der Waals surface area contributed by atoms with E-state index in [1.807, 2.05) is 0 Å². The molecule has 0 bridgehead atoms. The number of rotatable bonds is 3. The van der Waals surface area contributed by atoms with Crippen LogP contribution in [0.2, 0.25) is 5.31 Å². The first-order valence-electron chi connectivity index (χ1n) is 4.19. The molecular formula is C7H11BF3O2-. The lowest BCUT2D eigenvalue weighted by molar-refractivity contribution is -0.145. The normalized spacial score (nSPS) is 32.8. The van der Waals surface area contributed by atoms with Gasteiger partial charge in [0.1, 0.15) is 0 Å². The Morgan fingerprint density at radius 3 is 2.46 bits per heavy atom. The van der Waals surface area contributed by atoms with Crippen LogP contribution in [-0.2, 0) is 9.53 Å². The van der Waals surface area contributed by atoms with Crippen molar-refractivity contribution in [2.75, 3.05) is 6.61 Å². The standard InChI is InChI=1S/C7H11BF3O2/c1-3-13-6(12)5-4-7(5,2)8(9,10)11/h5H,3-4H2,1-2H3/q-1. The Morgan fingerprint density at radius 1 is 1.62 bits per heavy atom. The van der Waals surface area contributed by atoms with Crippen molar-refractivity contribution >= 4 is 12.9 Å². The van der Waals surface area contributed by atoms with Crippen LogP contribution in [0.25, 0.3) is 0 Å². The van der Waals surface area contributed by atoms with Gasteiger partial charge in [0.25, 0.3) is 0 Å². The Labute approximate surface area is 74.5 Å². The second-order valence-corrected chi connectivity index (χ2v) is 3.59. The summed E-state index contributed by atoms with van der Waals surface area (Å²) in [6, 6.07) is 0. The molecule has 0 radical (unpaired) electrons. The van der Waals surface area contributed by atoms with Crippen LogP contribution in [0.1, 0.15) is 20.3 Å². The molecular weight excluding hydrogens is 184 g/mol. The monoisotopic (exact) mass is 195 g/mol. The van der Waals surface area contributed by atoms with E-state index in [4.69, 9.17) is 0 Å². The van der Waals surface area contributed by atoms with Crippen LogP contribution in [0.15, 0.2) is 0 Å². The van der Waals surface area contributed by atoms with Crippen molar-refractivity contribution in [2.24, 2.45) is 5.92 Å². The van der Waals surface area contributed by atoms with Crippen LogP contribution in [0, 0.1) is 5.92 Å². The molecule has 2 atom stereocenters. The predicted octanol–water partition coefficient (Wildman–Crippen LogP) is 2.18. The van der Waals surface area contributed by atoms with Crippen molar-refractivity contribution in [3.05, 3.63) is 0 Å². The first kappa shape index (κ1) is 10.4. The van der Waals surface area contributed by atoms with Crippen LogP contribution >= 0.6 is 0 Å². The van der Waals surface area contributed by atoms with E-state index in [9.17, 15) is 17.7 Å². The Balaban J connectivity index is 2.58. The summed E-state index contributed by atoms with van der Waals surface area (Å²) in [5, 5.41) is -1.79. The molecule has 0 heterocycles. The van der Waals surface area contributed by atoms with Gasteiger partial charge in [0.15, 0.2) is 0 Å². The zero-order chi connectivity index (χ0) is 10.3. The van der Waals surface area contributed by atoms with Crippen molar-refractivity contribution in [2.45, 2.75) is 25.6 Å². The topological polar surface area (TPSA) is 26.3 Å². The van der Waals surface area contributed by atoms with Gasteiger partial charge in [-0.3, -0.25) is 4.79 Å². The summed E-state index contributed by atoms with van der Waals surface area (Å²) in [6.45, 7) is -2.14. The van der Waals surface area contributed by atoms with Gasteiger partial charge >= 0.3 is 12.9 Å². The summed E-state index contributed by atoms with van der Waals surface area (Å²) < 4.78 is 41.5. The van der Waals surface area contributed by atoms with Crippen LogP contribution in [-0.4, -0.2) is 19.6 Å². The molecule has 1 saturated carbocycles. The fourth-order valence-corrected chi connectivity index (χ4v) is 1.34. The highest BCUT2D eigenvalue weighted by Crippen LogP contribution is 2.67. The lowest BCUT2D eigenvalue weighted by Gasteiger charge is -2.22. The summed E-state index contributed by atoms with van der Waals surface area (Å²) in [6.07, 6.45) is -0.116. The van der Waals surface area contributed by atoms with Crippen LogP contribution in [0.3, 0.4) is 0 Å². The van der Waals surface area contributed by atoms with Crippen molar-refractivity contribution in [3.63, 3.8) is 0 Å². The number of halogens is 3. The lowest BCUT2D eigenvalue weighted by atomic mass is 9.68. The van der Waals surface area contributed by atoms with E-state index in [0.717, 1.165) is 6.92 Å². The fraction of sp³-hybridized carbons (Fsp3) is 0.857. The van der Waals surface area contributed by atoms with Crippen molar-refractivity contribution in [3.8, 4) is 0 Å². The maximum atomic E-state index is 12.3. The second-order valence-electron chi connectivity index (χ2n) is 3.59. The van der Waals surface area contributed by atoms with Gasteiger partial charge in [-0.1, -0.05) is 18.7 Å². The highest BCUT2D eigenvalue weighted by atomic mass is 19.4.